The molecule has 0 aliphatic carbocycles. The summed E-state index contributed by atoms with van der Waals surface area (Å²) in [4.78, 5) is 38.1. The number of hydrogen-bond donors (Lipinski definition) is 0. The molecule has 0 spiro atoms. The van der Waals surface area contributed by atoms with Crippen molar-refractivity contribution in [1.29, 1.82) is 0 Å². The van der Waals surface area contributed by atoms with Gasteiger partial charge in [-0.2, -0.15) is 0 Å². The topological polar surface area (TPSA) is 78.9 Å². The van der Waals surface area contributed by atoms with Crippen LogP contribution in [-0.4, -0.2) is 37.2 Å². The summed E-state index contributed by atoms with van der Waals surface area (Å²) in [7, 11) is 0. The fourth-order valence-corrected chi connectivity index (χ4v) is 6.78. The summed E-state index contributed by atoms with van der Waals surface area (Å²) in [6.07, 6.45) is 79.8. The van der Waals surface area contributed by atoms with E-state index < -0.39 is 6.10 Å². The largest absolute Gasteiger partial charge is 0.462 e. The van der Waals surface area contributed by atoms with Gasteiger partial charge in [-0.1, -0.05) is 212 Å². The van der Waals surface area contributed by atoms with E-state index in [1.807, 2.05) is 12.2 Å². The van der Waals surface area contributed by atoms with Crippen LogP contribution >= 0.6 is 0 Å². The van der Waals surface area contributed by atoms with Crippen LogP contribution in [-0.2, 0) is 28.6 Å². The molecule has 0 bridgehead atoms. The van der Waals surface area contributed by atoms with Gasteiger partial charge in [0.25, 0.3) is 0 Å². The maximum atomic E-state index is 12.8. The summed E-state index contributed by atoms with van der Waals surface area (Å²) in [6, 6.07) is 0. The SMILES string of the molecule is CC/C=C\C/C=C\C/C=C\C/C=C\C/C=C\C/C=C\CCC(=O)OC[C@H](COC(=O)CCCCCC/C=C\C/C=C\C/C=C\C/C=C\CC)OC(=O)CCCCCCC/C=C\C/C=C\CCCCC. The van der Waals surface area contributed by atoms with Gasteiger partial charge in [0, 0.05) is 19.3 Å². The van der Waals surface area contributed by atoms with E-state index in [1.54, 1.807) is 0 Å². The summed E-state index contributed by atoms with van der Waals surface area (Å²) >= 11 is 0. The Hall–Kier alpha value is -4.71. The lowest BCUT2D eigenvalue weighted by molar-refractivity contribution is -0.166. The third-order valence-electron chi connectivity index (χ3n) is 10.8. The van der Waals surface area contributed by atoms with Crippen molar-refractivity contribution in [2.24, 2.45) is 0 Å². The zero-order chi connectivity index (χ0) is 50.0. The first-order chi connectivity index (χ1) is 34.0. The molecule has 0 rings (SSSR count). The van der Waals surface area contributed by atoms with Crippen LogP contribution in [0, 0.1) is 0 Å². The van der Waals surface area contributed by atoms with E-state index in [0.29, 0.717) is 12.8 Å². The summed E-state index contributed by atoms with van der Waals surface area (Å²) in [5, 5.41) is 0. The highest BCUT2D eigenvalue weighted by Gasteiger charge is 2.19. The lowest BCUT2D eigenvalue weighted by Crippen LogP contribution is -2.30. The maximum absolute atomic E-state index is 12.8. The zero-order valence-electron chi connectivity index (χ0n) is 44.0. The smallest absolute Gasteiger partial charge is 0.306 e. The molecular formula is C63H98O6. The standard InChI is InChI=1S/C63H98O6/c1-4-7-10-13-16-19-22-25-28-30-31-33-36-38-41-44-47-50-53-56-62(65)68-59-60(69-63(66)57-54-51-48-45-42-39-34-27-24-21-18-15-12-9-6-3)58-67-61(64)55-52-49-46-43-40-37-35-32-29-26-23-20-17-14-11-8-5-2/h7-8,10-11,16-21,25-29,31,33-35,37-38,41,47,50,60H,4-6,9,12-15,22-24,30,32,36,39-40,42-46,48-49,51-59H2,1-3H3/b10-7-,11-8-,19-16-,20-17-,21-18-,28-25-,29-26-,33-31-,34-27-,37-35-,41-38-,50-47-/t60-/m0/s1. The minimum absolute atomic E-state index is 0.126. The van der Waals surface area contributed by atoms with Crippen molar-refractivity contribution in [3.8, 4) is 0 Å². The number of allylic oxidation sites excluding steroid dienone is 24. The number of esters is 3. The average Bonchev–Trinajstić information content (AvgIpc) is 3.35. The molecule has 1 atom stereocenters. The Bertz CT molecular complexity index is 1560. The Morgan fingerprint density at radius 3 is 0.971 bits per heavy atom. The predicted octanol–water partition coefficient (Wildman–Crippen LogP) is 18.4. The summed E-state index contributed by atoms with van der Waals surface area (Å²) in [5.41, 5.74) is 0. The van der Waals surface area contributed by atoms with Crippen LogP contribution < -0.4 is 0 Å². The van der Waals surface area contributed by atoms with Gasteiger partial charge in [0.1, 0.15) is 13.2 Å². The van der Waals surface area contributed by atoms with Crippen molar-refractivity contribution in [3.05, 3.63) is 146 Å². The van der Waals surface area contributed by atoms with Gasteiger partial charge in [-0.25, -0.2) is 0 Å². The van der Waals surface area contributed by atoms with Crippen LogP contribution in [0.25, 0.3) is 0 Å². The molecule has 6 nitrogen and oxygen atoms in total. The van der Waals surface area contributed by atoms with Crippen molar-refractivity contribution < 1.29 is 28.6 Å². The number of hydrogen-bond acceptors (Lipinski definition) is 6. The molecule has 0 saturated carbocycles. The second-order valence-corrected chi connectivity index (χ2v) is 17.4. The fourth-order valence-electron chi connectivity index (χ4n) is 6.78. The van der Waals surface area contributed by atoms with Crippen LogP contribution in [0.15, 0.2) is 146 Å². The van der Waals surface area contributed by atoms with E-state index in [2.05, 4.69) is 154 Å². The van der Waals surface area contributed by atoms with Crippen molar-refractivity contribution in [2.75, 3.05) is 13.2 Å². The van der Waals surface area contributed by atoms with E-state index in [4.69, 9.17) is 14.2 Å². The molecule has 0 unspecified atom stereocenters. The van der Waals surface area contributed by atoms with E-state index in [9.17, 15) is 14.4 Å². The molecule has 0 heterocycles. The monoisotopic (exact) mass is 951 g/mol. The summed E-state index contributed by atoms with van der Waals surface area (Å²) in [5.74, 6) is -1.06. The molecule has 6 heteroatoms. The normalized spacial score (nSPS) is 13.3. The fraction of sp³-hybridized carbons (Fsp3) is 0.571. The highest BCUT2D eigenvalue weighted by molar-refractivity contribution is 5.71. The van der Waals surface area contributed by atoms with Gasteiger partial charge in [0.05, 0.1) is 0 Å². The predicted molar refractivity (Wildman–Crippen MR) is 297 cm³/mol. The first-order valence-corrected chi connectivity index (χ1v) is 27.3. The molecule has 0 aliphatic heterocycles. The molecule has 0 aromatic rings. The van der Waals surface area contributed by atoms with Crippen molar-refractivity contribution in [3.63, 3.8) is 0 Å². The molecule has 0 N–H and O–H groups in total. The third kappa shape index (κ3) is 54.1. The van der Waals surface area contributed by atoms with Crippen LogP contribution in [0.3, 0.4) is 0 Å². The van der Waals surface area contributed by atoms with Crippen LogP contribution in [0.1, 0.15) is 213 Å². The molecule has 386 valence electrons. The Labute approximate surface area is 423 Å². The number of carbonyl (C=O) groups excluding carboxylic acids is 3. The lowest BCUT2D eigenvalue weighted by atomic mass is 10.1. The van der Waals surface area contributed by atoms with Crippen molar-refractivity contribution >= 4 is 17.9 Å². The minimum atomic E-state index is -0.833. The van der Waals surface area contributed by atoms with Gasteiger partial charge in [0.2, 0.25) is 0 Å². The third-order valence-corrected chi connectivity index (χ3v) is 10.8. The van der Waals surface area contributed by atoms with Crippen molar-refractivity contribution in [2.45, 2.75) is 219 Å². The second-order valence-electron chi connectivity index (χ2n) is 17.4. The quantitative estimate of drug-likeness (QED) is 0.0262. The molecule has 0 aliphatic rings. The van der Waals surface area contributed by atoms with E-state index >= 15 is 0 Å². The van der Waals surface area contributed by atoms with Crippen LogP contribution in [0.2, 0.25) is 0 Å². The number of ether oxygens (including phenoxy) is 3. The highest BCUT2D eigenvalue weighted by Crippen LogP contribution is 2.12. The second kappa shape index (κ2) is 55.9. The Morgan fingerprint density at radius 1 is 0.304 bits per heavy atom. The number of rotatable bonds is 47. The number of unbranched alkanes of at least 4 members (excludes halogenated alkanes) is 12. The summed E-state index contributed by atoms with van der Waals surface area (Å²) < 4.78 is 16.7. The van der Waals surface area contributed by atoms with Crippen molar-refractivity contribution in [1.82, 2.24) is 0 Å². The van der Waals surface area contributed by atoms with Gasteiger partial charge in [-0.15, -0.1) is 0 Å². The lowest BCUT2D eigenvalue weighted by Gasteiger charge is -2.18. The summed E-state index contributed by atoms with van der Waals surface area (Å²) in [6.45, 7) is 6.27. The Balaban J connectivity index is 4.60. The average molecular weight is 951 g/mol. The number of carbonyl (C=O) groups is 3. The van der Waals surface area contributed by atoms with E-state index in [-0.39, 0.29) is 44.0 Å². The van der Waals surface area contributed by atoms with E-state index in [1.165, 1.54) is 25.7 Å². The zero-order valence-corrected chi connectivity index (χ0v) is 44.0. The molecule has 0 aromatic carbocycles. The molecular weight excluding hydrogens is 853 g/mol. The Kier molecular flexibility index (Phi) is 52.1. The minimum Gasteiger partial charge on any atom is -0.462 e. The molecule has 69 heavy (non-hydrogen) atoms. The van der Waals surface area contributed by atoms with Crippen LogP contribution in [0.4, 0.5) is 0 Å². The Morgan fingerprint density at radius 2 is 0.594 bits per heavy atom. The molecule has 0 saturated heterocycles. The maximum Gasteiger partial charge on any atom is 0.306 e. The van der Waals surface area contributed by atoms with Gasteiger partial charge in [-0.05, 0) is 128 Å². The molecule has 0 fully saturated rings. The first kappa shape index (κ1) is 64.3. The highest BCUT2D eigenvalue weighted by atomic mass is 16.6. The van der Waals surface area contributed by atoms with Gasteiger partial charge in [-0.3, -0.25) is 14.4 Å². The van der Waals surface area contributed by atoms with Gasteiger partial charge < -0.3 is 14.2 Å². The van der Waals surface area contributed by atoms with Gasteiger partial charge in [0.15, 0.2) is 6.10 Å². The molecule has 0 radical (unpaired) electrons. The molecule has 0 aromatic heterocycles. The van der Waals surface area contributed by atoms with Gasteiger partial charge >= 0.3 is 17.9 Å². The van der Waals surface area contributed by atoms with E-state index in [0.717, 1.165) is 141 Å². The first-order valence-electron chi connectivity index (χ1n) is 27.3. The molecule has 0 amide bonds. The van der Waals surface area contributed by atoms with Crippen LogP contribution in [0.5, 0.6) is 0 Å².